The topological polar surface area (TPSA) is 76.7 Å². The van der Waals surface area contributed by atoms with Gasteiger partial charge >= 0.3 is 6.09 Å². The quantitative estimate of drug-likeness (QED) is 0.769. The highest BCUT2D eigenvalue weighted by molar-refractivity contribution is 6.30. The zero-order valence-corrected chi connectivity index (χ0v) is 16.4. The number of nitrogens with one attached hydrogen (secondary N) is 2. The van der Waals surface area contributed by atoms with Crippen molar-refractivity contribution in [1.82, 2.24) is 0 Å². The van der Waals surface area contributed by atoms with Gasteiger partial charge in [-0.1, -0.05) is 11.6 Å². The molecule has 8 heteroatoms. The van der Waals surface area contributed by atoms with Crippen molar-refractivity contribution >= 4 is 35.0 Å². The molecule has 1 aliphatic rings. The van der Waals surface area contributed by atoms with Crippen molar-refractivity contribution in [3.8, 4) is 5.75 Å². The summed E-state index contributed by atoms with van der Waals surface area (Å²) in [5.41, 5.74) is 0.438. The number of rotatable bonds is 3. The molecule has 0 spiro atoms. The van der Waals surface area contributed by atoms with Crippen molar-refractivity contribution in [1.29, 1.82) is 0 Å². The number of anilines is 2. The van der Waals surface area contributed by atoms with Crippen LogP contribution in [0.2, 0.25) is 5.02 Å². The summed E-state index contributed by atoms with van der Waals surface area (Å²) >= 11 is 5.96. The molecule has 1 aliphatic heterocycles. The summed E-state index contributed by atoms with van der Waals surface area (Å²) in [6.45, 7) is 5.17. The van der Waals surface area contributed by atoms with Gasteiger partial charge in [0.15, 0.2) is 6.10 Å². The second-order valence-corrected chi connectivity index (χ2v) is 7.81. The van der Waals surface area contributed by atoms with Crippen LogP contribution in [0.3, 0.4) is 0 Å². The molecule has 0 aromatic heterocycles. The van der Waals surface area contributed by atoms with E-state index in [1.54, 1.807) is 39.0 Å². The number of hydrogen-bond acceptors (Lipinski definition) is 4. The third-order valence-electron chi connectivity index (χ3n) is 3.86. The molecule has 2 aromatic rings. The van der Waals surface area contributed by atoms with E-state index in [2.05, 4.69) is 10.6 Å². The number of amides is 2. The van der Waals surface area contributed by atoms with Crippen molar-refractivity contribution in [2.24, 2.45) is 0 Å². The Morgan fingerprint density at radius 1 is 1.14 bits per heavy atom. The lowest BCUT2D eigenvalue weighted by atomic mass is 10.1. The van der Waals surface area contributed by atoms with Crippen molar-refractivity contribution in [2.75, 3.05) is 10.6 Å². The molecule has 3 rings (SSSR count). The van der Waals surface area contributed by atoms with Gasteiger partial charge in [-0.3, -0.25) is 10.1 Å². The SMILES string of the molecule is CC(C)(C)OC(=O)Nc1ccc(F)cc1NC(=O)C1Cc2cc(Cl)ccc2O1. The average Bonchev–Trinajstić information content (AvgIpc) is 2.99. The smallest absolute Gasteiger partial charge is 0.412 e. The maximum Gasteiger partial charge on any atom is 0.412 e. The molecule has 0 saturated carbocycles. The van der Waals surface area contributed by atoms with E-state index in [-0.39, 0.29) is 11.4 Å². The lowest BCUT2D eigenvalue weighted by Crippen LogP contribution is -2.32. The third kappa shape index (κ3) is 4.92. The predicted molar refractivity (Wildman–Crippen MR) is 104 cm³/mol. The van der Waals surface area contributed by atoms with E-state index >= 15 is 0 Å². The second-order valence-electron chi connectivity index (χ2n) is 7.37. The summed E-state index contributed by atoms with van der Waals surface area (Å²) in [6.07, 6.45) is -1.16. The van der Waals surface area contributed by atoms with Crippen molar-refractivity contribution < 1.29 is 23.5 Å². The summed E-state index contributed by atoms with van der Waals surface area (Å²) in [7, 11) is 0. The first-order valence-electron chi connectivity index (χ1n) is 8.66. The van der Waals surface area contributed by atoms with E-state index in [0.717, 1.165) is 11.6 Å². The van der Waals surface area contributed by atoms with Gasteiger partial charge in [-0.15, -0.1) is 0 Å². The number of hydrogen-bond donors (Lipinski definition) is 2. The number of fused-ring (bicyclic) bond motifs is 1. The van der Waals surface area contributed by atoms with Gasteiger partial charge < -0.3 is 14.8 Å². The lowest BCUT2D eigenvalue weighted by molar-refractivity contribution is -0.122. The van der Waals surface area contributed by atoms with Gasteiger partial charge in [0.05, 0.1) is 11.4 Å². The molecule has 0 aliphatic carbocycles. The Hall–Kier alpha value is -2.80. The first-order chi connectivity index (χ1) is 13.1. The normalized spacial score (nSPS) is 15.4. The van der Waals surface area contributed by atoms with E-state index in [9.17, 15) is 14.0 Å². The van der Waals surface area contributed by atoms with Crippen LogP contribution in [0.1, 0.15) is 26.3 Å². The summed E-state index contributed by atoms with van der Waals surface area (Å²) in [6, 6.07) is 8.75. The standard InChI is InChI=1S/C20H20ClFN2O4/c1-20(2,3)28-19(26)24-14-6-5-13(22)10-15(14)23-18(25)17-9-11-8-12(21)4-7-16(11)27-17/h4-8,10,17H,9H2,1-3H3,(H,23,25)(H,24,26). The first kappa shape index (κ1) is 19.9. The molecular weight excluding hydrogens is 387 g/mol. The van der Waals surface area contributed by atoms with Gasteiger partial charge in [0, 0.05) is 11.4 Å². The number of halogens is 2. The zero-order chi connectivity index (χ0) is 20.5. The number of carbonyl (C=O) groups excluding carboxylic acids is 2. The van der Waals surface area contributed by atoms with Gasteiger partial charge in [0.1, 0.15) is 17.2 Å². The number of ether oxygens (including phenoxy) is 2. The fourth-order valence-corrected chi connectivity index (χ4v) is 2.91. The molecule has 2 aromatic carbocycles. The van der Waals surface area contributed by atoms with Crippen molar-refractivity contribution in [3.63, 3.8) is 0 Å². The molecule has 148 valence electrons. The van der Waals surface area contributed by atoms with Crippen molar-refractivity contribution in [3.05, 3.63) is 52.8 Å². The molecule has 0 saturated heterocycles. The molecule has 28 heavy (non-hydrogen) atoms. The van der Waals surface area contributed by atoms with Gasteiger partial charge in [-0.05, 0) is 62.7 Å². The molecule has 6 nitrogen and oxygen atoms in total. The van der Waals surface area contributed by atoms with E-state index in [1.165, 1.54) is 12.1 Å². The fraction of sp³-hybridized carbons (Fsp3) is 0.300. The van der Waals surface area contributed by atoms with Crippen LogP contribution in [0.4, 0.5) is 20.6 Å². The molecule has 0 fully saturated rings. The Bertz CT molecular complexity index is 927. The van der Waals surface area contributed by atoms with Gasteiger partial charge in [-0.25, -0.2) is 9.18 Å². The van der Waals surface area contributed by atoms with E-state index < -0.39 is 29.5 Å². The molecule has 1 atom stereocenters. The highest BCUT2D eigenvalue weighted by Crippen LogP contribution is 2.32. The predicted octanol–water partition coefficient (Wildman–Crippen LogP) is 4.77. The van der Waals surface area contributed by atoms with Gasteiger partial charge in [0.2, 0.25) is 0 Å². The van der Waals surface area contributed by atoms with Crippen LogP contribution in [0.5, 0.6) is 5.75 Å². The highest BCUT2D eigenvalue weighted by atomic mass is 35.5. The van der Waals surface area contributed by atoms with Crippen LogP contribution in [-0.2, 0) is 16.0 Å². The molecule has 2 N–H and O–H groups in total. The third-order valence-corrected chi connectivity index (χ3v) is 4.10. The zero-order valence-electron chi connectivity index (χ0n) is 15.6. The Kier molecular flexibility index (Phi) is 5.47. The van der Waals surface area contributed by atoms with Crippen LogP contribution in [0.15, 0.2) is 36.4 Å². The molecule has 2 amide bonds. The van der Waals surface area contributed by atoms with Crippen LogP contribution in [0, 0.1) is 5.82 Å². The Morgan fingerprint density at radius 2 is 1.89 bits per heavy atom. The van der Waals surface area contributed by atoms with E-state index in [1.807, 2.05) is 0 Å². The molecule has 0 radical (unpaired) electrons. The molecular formula is C20H20ClFN2O4. The minimum atomic E-state index is -0.786. The maximum absolute atomic E-state index is 13.7. The van der Waals surface area contributed by atoms with Crippen LogP contribution >= 0.6 is 11.6 Å². The van der Waals surface area contributed by atoms with Crippen molar-refractivity contribution in [2.45, 2.75) is 38.9 Å². The second kappa shape index (κ2) is 7.67. The first-order valence-corrected chi connectivity index (χ1v) is 9.04. The number of benzene rings is 2. The lowest BCUT2D eigenvalue weighted by Gasteiger charge is -2.21. The molecule has 1 unspecified atom stereocenters. The average molecular weight is 407 g/mol. The maximum atomic E-state index is 13.7. The monoisotopic (exact) mass is 406 g/mol. The summed E-state index contributed by atoms with van der Waals surface area (Å²) in [5.74, 6) is -0.450. The fourth-order valence-electron chi connectivity index (χ4n) is 2.72. The summed E-state index contributed by atoms with van der Waals surface area (Å²) in [4.78, 5) is 24.6. The Morgan fingerprint density at radius 3 is 2.61 bits per heavy atom. The minimum Gasteiger partial charge on any atom is -0.480 e. The molecule has 1 heterocycles. The Balaban J connectivity index is 1.72. The highest BCUT2D eigenvalue weighted by Gasteiger charge is 2.30. The van der Waals surface area contributed by atoms with Gasteiger partial charge in [-0.2, -0.15) is 0 Å². The Labute approximate surface area is 167 Å². The molecule has 0 bridgehead atoms. The minimum absolute atomic E-state index is 0.105. The van der Waals surface area contributed by atoms with E-state index in [4.69, 9.17) is 21.1 Å². The van der Waals surface area contributed by atoms with Gasteiger partial charge in [0.25, 0.3) is 5.91 Å². The largest absolute Gasteiger partial charge is 0.480 e. The van der Waals surface area contributed by atoms with E-state index in [0.29, 0.717) is 17.2 Å². The van der Waals surface area contributed by atoms with Crippen LogP contribution in [-0.4, -0.2) is 23.7 Å². The summed E-state index contributed by atoms with van der Waals surface area (Å²) in [5, 5.41) is 5.67. The number of carbonyl (C=O) groups is 2. The van der Waals surface area contributed by atoms with Crippen LogP contribution < -0.4 is 15.4 Å². The van der Waals surface area contributed by atoms with Crippen LogP contribution in [0.25, 0.3) is 0 Å². The summed E-state index contributed by atoms with van der Waals surface area (Å²) < 4.78 is 24.5.